The highest BCUT2D eigenvalue weighted by atomic mass is 32.1. The molecule has 1 atom stereocenters. The average Bonchev–Trinajstić information content (AvgIpc) is 3.26. The van der Waals surface area contributed by atoms with E-state index >= 15 is 0 Å². The lowest BCUT2D eigenvalue weighted by Crippen LogP contribution is -2.20. The first-order valence-electron chi connectivity index (χ1n) is 9.25. The van der Waals surface area contributed by atoms with Crippen LogP contribution in [0.3, 0.4) is 0 Å². The third kappa shape index (κ3) is 3.86. The molecule has 3 N–H and O–H groups in total. The Bertz CT molecular complexity index is 1020. The lowest BCUT2D eigenvalue weighted by Gasteiger charge is -2.18. The number of amides is 2. The van der Waals surface area contributed by atoms with Gasteiger partial charge in [-0.25, -0.2) is 4.98 Å². The first kappa shape index (κ1) is 18.8. The number of nitrogens with one attached hydrogen (secondary N) is 1. The molecule has 144 valence electrons. The fraction of sp³-hybridized carbons (Fsp3) is 0.286. The normalized spacial score (nSPS) is 15.8. The maximum atomic E-state index is 12.6. The highest BCUT2D eigenvalue weighted by Crippen LogP contribution is 2.39. The molecule has 0 fully saturated rings. The number of hydrogen-bond donors (Lipinski definition) is 2. The number of anilines is 1. The number of hydrogen-bond acceptors (Lipinski definition) is 5. The fourth-order valence-corrected chi connectivity index (χ4v) is 5.79. The van der Waals surface area contributed by atoms with Crippen LogP contribution < -0.4 is 11.1 Å². The zero-order chi connectivity index (χ0) is 19.7. The number of thiazole rings is 1. The molecular weight excluding hydrogens is 390 g/mol. The minimum absolute atomic E-state index is 0.167. The van der Waals surface area contributed by atoms with Gasteiger partial charge in [-0.15, -0.1) is 22.7 Å². The standard InChI is InChI=1S/C21H21N3O2S2/c1-12-7-8-15-16(9-12)28-21(18(15)19(22)26)24-17(25)10-14-11-27-20(23-14)13-5-3-2-4-6-13/h2-6,11-12H,7-10H2,1H3,(H2,22,26)(H,24,25). The lowest BCUT2D eigenvalue weighted by molar-refractivity contribution is -0.115. The predicted molar refractivity (Wildman–Crippen MR) is 114 cm³/mol. The first-order valence-corrected chi connectivity index (χ1v) is 10.9. The minimum Gasteiger partial charge on any atom is -0.365 e. The number of thiophene rings is 1. The molecule has 1 aliphatic rings. The van der Waals surface area contributed by atoms with Crippen molar-refractivity contribution in [2.45, 2.75) is 32.6 Å². The molecule has 2 amide bonds. The molecule has 3 aromatic rings. The Morgan fingerprint density at radius 2 is 2.07 bits per heavy atom. The number of nitrogens with zero attached hydrogens (tertiary/aromatic N) is 1. The van der Waals surface area contributed by atoms with E-state index in [2.05, 4.69) is 17.2 Å². The predicted octanol–water partition coefficient (Wildman–Crippen LogP) is 4.28. The van der Waals surface area contributed by atoms with Gasteiger partial charge in [-0.1, -0.05) is 37.3 Å². The zero-order valence-electron chi connectivity index (χ0n) is 15.5. The summed E-state index contributed by atoms with van der Waals surface area (Å²) in [5, 5.41) is 6.28. The van der Waals surface area contributed by atoms with Gasteiger partial charge >= 0.3 is 0 Å². The summed E-state index contributed by atoms with van der Waals surface area (Å²) in [6.07, 6.45) is 2.98. The summed E-state index contributed by atoms with van der Waals surface area (Å²) >= 11 is 3.00. The maximum Gasteiger partial charge on any atom is 0.251 e. The van der Waals surface area contributed by atoms with Crippen LogP contribution in [-0.4, -0.2) is 16.8 Å². The van der Waals surface area contributed by atoms with Gasteiger partial charge in [-0.3, -0.25) is 9.59 Å². The van der Waals surface area contributed by atoms with Crippen LogP contribution in [0.5, 0.6) is 0 Å². The number of nitrogens with two attached hydrogens (primary N) is 1. The Balaban J connectivity index is 1.50. The molecule has 0 spiro atoms. The van der Waals surface area contributed by atoms with Gasteiger partial charge < -0.3 is 11.1 Å². The molecule has 28 heavy (non-hydrogen) atoms. The fourth-order valence-electron chi connectivity index (χ4n) is 3.54. The molecule has 0 aliphatic heterocycles. The van der Waals surface area contributed by atoms with Crippen molar-refractivity contribution < 1.29 is 9.59 Å². The van der Waals surface area contributed by atoms with E-state index in [0.717, 1.165) is 41.1 Å². The van der Waals surface area contributed by atoms with E-state index in [4.69, 9.17) is 5.73 Å². The Morgan fingerprint density at radius 1 is 1.29 bits per heavy atom. The van der Waals surface area contributed by atoms with Crippen molar-refractivity contribution in [2.75, 3.05) is 5.32 Å². The van der Waals surface area contributed by atoms with Crippen LogP contribution in [0.15, 0.2) is 35.7 Å². The van der Waals surface area contributed by atoms with Gasteiger partial charge in [-0.2, -0.15) is 0 Å². The number of rotatable bonds is 5. The SMILES string of the molecule is CC1CCc2c(sc(NC(=O)Cc3csc(-c4ccccc4)n3)c2C(N)=O)C1. The summed E-state index contributed by atoms with van der Waals surface area (Å²) < 4.78 is 0. The molecule has 1 unspecified atom stereocenters. The van der Waals surface area contributed by atoms with Gasteiger partial charge in [0.15, 0.2) is 0 Å². The monoisotopic (exact) mass is 411 g/mol. The molecule has 7 heteroatoms. The van der Waals surface area contributed by atoms with Gasteiger partial charge in [0.2, 0.25) is 5.91 Å². The summed E-state index contributed by atoms with van der Waals surface area (Å²) in [4.78, 5) is 30.3. The largest absolute Gasteiger partial charge is 0.365 e. The van der Waals surface area contributed by atoms with E-state index in [-0.39, 0.29) is 12.3 Å². The Morgan fingerprint density at radius 3 is 2.82 bits per heavy atom. The van der Waals surface area contributed by atoms with E-state index in [1.807, 2.05) is 35.7 Å². The van der Waals surface area contributed by atoms with Gasteiger partial charge in [0.1, 0.15) is 10.0 Å². The van der Waals surface area contributed by atoms with Crippen LogP contribution in [0.25, 0.3) is 10.6 Å². The van der Waals surface area contributed by atoms with E-state index in [1.165, 1.54) is 27.6 Å². The first-order chi connectivity index (χ1) is 13.5. The highest BCUT2D eigenvalue weighted by Gasteiger charge is 2.27. The third-order valence-electron chi connectivity index (χ3n) is 4.93. The second-order valence-corrected chi connectivity index (χ2v) is 9.12. The number of aromatic nitrogens is 1. The molecule has 0 saturated heterocycles. The summed E-state index contributed by atoms with van der Waals surface area (Å²) in [7, 11) is 0. The third-order valence-corrected chi connectivity index (χ3v) is 7.04. The van der Waals surface area contributed by atoms with Gasteiger partial charge in [0.05, 0.1) is 17.7 Å². The van der Waals surface area contributed by atoms with Crippen molar-refractivity contribution in [1.29, 1.82) is 0 Å². The van der Waals surface area contributed by atoms with Crippen LogP contribution in [0.2, 0.25) is 0 Å². The van der Waals surface area contributed by atoms with E-state index in [9.17, 15) is 9.59 Å². The number of benzene rings is 1. The van der Waals surface area contributed by atoms with Crippen LogP contribution in [0.4, 0.5) is 5.00 Å². The Labute approximate surface area is 171 Å². The van der Waals surface area contributed by atoms with Crippen LogP contribution in [-0.2, 0) is 24.1 Å². The molecule has 1 aliphatic carbocycles. The lowest BCUT2D eigenvalue weighted by atomic mass is 9.88. The number of carbonyl (C=O) groups is 2. The smallest absolute Gasteiger partial charge is 0.251 e. The van der Waals surface area contributed by atoms with E-state index in [0.29, 0.717) is 16.5 Å². The van der Waals surface area contributed by atoms with Crippen molar-refractivity contribution in [3.63, 3.8) is 0 Å². The topological polar surface area (TPSA) is 85.1 Å². The summed E-state index contributed by atoms with van der Waals surface area (Å²) in [6, 6.07) is 9.89. The highest BCUT2D eigenvalue weighted by molar-refractivity contribution is 7.17. The van der Waals surface area contributed by atoms with Gasteiger partial charge in [-0.05, 0) is 30.7 Å². The number of fused-ring (bicyclic) bond motifs is 1. The molecule has 0 saturated carbocycles. The second kappa shape index (κ2) is 7.85. The zero-order valence-corrected chi connectivity index (χ0v) is 17.2. The molecule has 4 rings (SSSR count). The van der Waals surface area contributed by atoms with Crippen molar-refractivity contribution in [3.8, 4) is 10.6 Å². The molecule has 0 bridgehead atoms. The molecule has 0 radical (unpaired) electrons. The van der Waals surface area contributed by atoms with Gasteiger partial charge in [0, 0.05) is 15.8 Å². The Kier molecular flexibility index (Phi) is 5.28. The average molecular weight is 412 g/mol. The summed E-state index contributed by atoms with van der Waals surface area (Å²) in [6.45, 7) is 2.21. The van der Waals surface area contributed by atoms with E-state index < -0.39 is 5.91 Å². The molecule has 1 aromatic carbocycles. The van der Waals surface area contributed by atoms with Crippen LogP contribution in [0.1, 0.15) is 39.8 Å². The van der Waals surface area contributed by atoms with Crippen LogP contribution >= 0.6 is 22.7 Å². The van der Waals surface area contributed by atoms with E-state index in [1.54, 1.807) is 0 Å². The Hall–Kier alpha value is -2.51. The second-order valence-electron chi connectivity index (χ2n) is 7.16. The number of primary amides is 1. The number of carbonyl (C=O) groups excluding carboxylic acids is 2. The summed E-state index contributed by atoms with van der Waals surface area (Å²) in [5.41, 5.74) is 8.88. The quantitative estimate of drug-likeness (QED) is 0.657. The van der Waals surface area contributed by atoms with Crippen molar-refractivity contribution in [1.82, 2.24) is 4.98 Å². The molecule has 2 aromatic heterocycles. The molecule has 5 nitrogen and oxygen atoms in total. The van der Waals surface area contributed by atoms with Crippen LogP contribution in [0, 0.1) is 5.92 Å². The summed E-state index contributed by atoms with van der Waals surface area (Å²) in [5.74, 6) is -0.0664. The van der Waals surface area contributed by atoms with Crippen molar-refractivity contribution in [2.24, 2.45) is 11.7 Å². The maximum absolute atomic E-state index is 12.6. The van der Waals surface area contributed by atoms with Crippen molar-refractivity contribution in [3.05, 3.63) is 57.4 Å². The van der Waals surface area contributed by atoms with Crippen molar-refractivity contribution >= 4 is 39.5 Å². The molecule has 2 heterocycles. The van der Waals surface area contributed by atoms with Gasteiger partial charge in [0.25, 0.3) is 5.91 Å². The minimum atomic E-state index is -0.470. The molecular formula is C21H21N3O2S2.